The van der Waals surface area contributed by atoms with Crippen LogP contribution in [0.4, 0.5) is 5.69 Å². The molecule has 5 nitrogen and oxygen atoms in total. The van der Waals surface area contributed by atoms with Gasteiger partial charge in [0.05, 0.1) is 0 Å². The third-order valence-corrected chi connectivity index (χ3v) is 3.15. The first-order chi connectivity index (χ1) is 10.5. The van der Waals surface area contributed by atoms with Crippen molar-refractivity contribution in [3.05, 3.63) is 58.6 Å². The SMILES string of the molecule is Cc1cc(Cl)ccc1NC(=O)c1cccc(OCC(N)=O)c1. The lowest BCUT2D eigenvalue weighted by Crippen LogP contribution is -2.20. The molecule has 0 fully saturated rings. The summed E-state index contributed by atoms with van der Waals surface area (Å²) < 4.78 is 5.18. The van der Waals surface area contributed by atoms with E-state index in [9.17, 15) is 9.59 Å². The molecule has 0 aromatic heterocycles. The topological polar surface area (TPSA) is 81.4 Å². The second-order valence-electron chi connectivity index (χ2n) is 4.70. The lowest BCUT2D eigenvalue weighted by atomic mass is 10.1. The quantitative estimate of drug-likeness (QED) is 0.889. The van der Waals surface area contributed by atoms with Gasteiger partial charge in [-0.1, -0.05) is 17.7 Å². The average Bonchev–Trinajstić information content (AvgIpc) is 2.48. The number of anilines is 1. The summed E-state index contributed by atoms with van der Waals surface area (Å²) in [7, 11) is 0. The summed E-state index contributed by atoms with van der Waals surface area (Å²) >= 11 is 5.88. The first-order valence-electron chi connectivity index (χ1n) is 6.54. The van der Waals surface area contributed by atoms with Crippen molar-refractivity contribution in [2.24, 2.45) is 5.73 Å². The van der Waals surface area contributed by atoms with Gasteiger partial charge in [0, 0.05) is 16.3 Å². The Morgan fingerprint density at radius 2 is 2.00 bits per heavy atom. The maximum Gasteiger partial charge on any atom is 0.255 e. The molecule has 0 atom stereocenters. The van der Waals surface area contributed by atoms with Crippen molar-refractivity contribution in [3.63, 3.8) is 0 Å². The number of hydrogen-bond acceptors (Lipinski definition) is 3. The van der Waals surface area contributed by atoms with E-state index in [0.29, 0.717) is 22.0 Å². The zero-order valence-corrected chi connectivity index (χ0v) is 12.7. The summed E-state index contributed by atoms with van der Waals surface area (Å²) in [5, 5.41) is 3.41. The number of aryl methyl sites for hydroxylation is 1. The largest absolute Gasteiger partial charge is 0.484 e. The molecule has 0 heterocycles. The Balaban J connectivity index is 2.12. The summed E-state index contributed by atoms with van der Waals surface area (Å²) in [6.45, 7) is 1.62. The predicted octanol–water partition coefficient (Wildman–Crippen LogP) is 2.76. The zero-order valence-electron chi connectivity index (χ0n) is 11.9. The third-order valence-electron chi connectivity index (χ3n) is 2.91. The molecule has 0 saturated heterocycles. The normalized spacial score (nSPS) is 10.1. The van der Waals surface area contributed by atoms with Crippen molar-refractivity contribution >= 4 is 29.1 Å². The van der Waals surface area contributed by atoms with E-state index in [2.05, 4.69) is 5.32 Å². The van der Waals surface area contributed by atoms with Crippen LogP contribution in [0, 0.1) is 6.92 Å². The van der Waals surface area contributed by atoms with Gasteiger partial charge in [-0.2, -0.15) is 0 Å². The van der Waals surface area contributed by atoms with E-state index in [1.165, 1.54) is 0 Å². The smallest absolute Gasteiger partial charge is 0.255 e. The molecule has 114 valence electrons. The summed E-state index contributed by atoms with van der Waals surface area (Å²) in [4.78, 5) is 23.0. The molecule has 2 amide bonds. The van der Waals surface area contributed by atoms with Gasteiger partial charge in [0.25, 0.3) is 11.8 Å². The highest BCUT2D eigenvalue weighted by Crippen LogP contribution is 2.21. The second kappa shape index (κ2) is 6.95. The summed E-state index contributed by atoms with van der Waals surface area (Å²) in [5.74, 6) is -0.458. The highest BCUT2D eigenvalue weighted by molar-refractivity contribution is 6.30. The third kappa shape index (κ3) is 4.23. The Labute approximate surface area is 133 Å². The Morgan fingerprint density at radius 1 is 1.23 bits per heavy atom. The molecule has 0 aliphatic rings. The average molecular weight is 319 g/mol. The standard InChI is InChI=1S/C16H15ClN2O3/c1-10-7-12(17)5-6-14(10)19-16(21)11-3-2-4-13(8-11)22-9-15(18)20/h2-8H,9H2,1H3,(H2,18,20)(H,19,21). The molecular weight excluding hydrogens is 304 g/mol. The monoisotopic (exact) mass is 318 g/mol. The first kappa shape index (κ1) is 15.9. The number of amides is 2. The Hall–Kier alpha value is -2.53. The molecule has 6 heteroatoms. The number of benzene rings is 2. The van der Waals surface area contributed by atoms with E-state index in [1.807, 2.05) is 6.92 Å². The Kier molecular flexibility index (Phi) is 5.01. The van der Waals surface area contributed by atoms with E-state index in [-0.39, 0.29) is 12.5 Å². The zero-order chi connectivity index (χ0) is 16.1. The van der Waals surface area contributed by atoms with Gasteiger partial charge in [-0.15, -0.1) is 0 Å². The molecule has 0 saturated carbocycles. The molecule has 22 heavy (non-hydrogen) atoms. The van der Waals surface area contributed by atoms with Gasteiger partial charge in [-0.25, -0.2) is 0 Å². The summed E-state index contributed by atoms with van der Waals surface area (Å²) in [6, 6.07) is 11.7. The minimum absolute atomic E-state index is 0.235. The van der Waals surface area contributed by atoms with E-state index in [0.717, 1.165) is 5.56 Å². The van der Waals surface area contributed by atoms with Crippen molar-refractivity contribution in [2.75, 3.05) is 11.9 Å². The van der Waals surface area contributed by atoms with Gasteiger partial charge in [0.15, 0.2) is 6.61 Å². The van der Waals surface area contributed by atoms with Crippen LogP contribution in [-0.2, 0) is 4.79 Å². The molecule has 2 rings (SSSR count). The maximum atomic E-state index is 12.3. The molecule has 0 spiro atoms. The number of rotatable bonds is 5. The molecule has 0 aliphatic heterocycles. The van der Waals surface area contributed by atoms with Gasteiger partial charge in [-0.05, 0) is 48.9 Å². The van der Waals surface area contributed by atoms with E-state index < -0.39 is 5.91 Å². The number of carbonyl (C=O) groups excluding carboxylic acids is 2. The van der Waals surface area contributed by atoms with Crippen molar-refractivity contribution in [2.45, 2.75) is 6.92 Å². The number of primary amides is 1. The van der Waals surface area contributed by atoms with E-state index >= 15 is 0 Å². The summed E-state index contributed by atoms with van der Waals surface area (Å²) in [5.41, 5.74) is 6.97. The Bertz CT molecular complexity index is 716. The molecular formula is C16H15ClN2O3. The van der Waals surface area contributed by atoms with Crippen molar-refractivity contribution < 1.29 is 14.3 Å². The number of carbonyl (C=O) groups is 2. The minimum Gasteiger partial charge on any atom is -0.484 e. The fraction of sp³-hybridized carbons (Fsp3) is 0.125. The highest BCUT2D eigenvalue weighted by atomic mass is 35.5. The van der Waals surface area contributed by atoms with Crippen molar-refractivity contribution in [1.29, 1.82) is 0 Å². The van der Waals surface area contributed by atoms with Gasteiger partial charge >= 0.3 is 0 Å². The number of nitrogens with two attached hydrogens (primary N) is 1. The minimum atomic E-state index is -0.577. The first-order valence-corrected chi connectivity index (χ1v) is 6.92. The molecule has 0 aliphatic carbocycles. The van der Waals surface area contributed by atoms with Gasteiger partial charge in [0.1, 0.15) is 5.75 Å². The predicted molar refractivity (Wildman–Crippen MR) is 85.3 cm³/mol. The molecule has 0 bridgehead atoms. The molecule has 0 unspecified atom stereocenters. The number of nitrogens with one attached hydrogen (secondary N) is 1. The fourth-order valence-corrected chi connectivity index (χ4v) is 2.07. The lowest BCUT2D eigenvalue weighted by molar-refractivity contribution is -0.119. The highest BCUT2D eigenvalue weighted by Gasteiger charge is 2.09. The Morgan fingerprint density at radius 3 is 2.68 bits per heavy atom. The number of halogens is 1. The van der Waals surface area contributed by atoms with Gasteiger partial charge in [-0.3, -0.25) is 9.59 Å². The van der Waals surface area contributed by atoms with Crippen molar-refractivity contribution in [3.8, 4) is 5.75 Å². The van der Waals surface area contributed by atoms with Crippen LogP contribution in [0.1, 0.15) is 15.9 Å². The van der Waals surface area contributed by atoms with Crippen LogP contribution in [0.2, 0.25) is 5.02 Å². The molecule has 2 aromatic carbocycles. The number of hydrogen-bond donors (Lipinski definition) is 2. The van der Waals surface area contributed by atoms with Gasteiger partial charge in [0.2, 0.25) is 0 Å². The van der Waals surface area contributed by atoms with Crippen LogP contribution in [-0.4, -0.2) is 18.4 Å². The van der Waals surface area contributed by atoms with Crippen LogP contribution in [0.5, 0.6) is 5.75 Å². The van der Waals surface area contributed by atoms with Crippen LogP contribution in [0.15, 0.2) is 42.5 Å². The molecule has 0 radical (unpaired) electrons. The van der Waals surface area contributed by atoms with E-state index in [4.69, 9.17) is 22.1 Å². The van der Waals surface area contributed by atoms with Crippen LogP contribution >= 0.6 is 11.6 Å². The number of ether oxygens (including phenoxy) is 1. The fourth-order valence-electron chi connectivity index (χ4n) is 1.84. The van der Waals surface area contributed by atoms with Crippen LogP contribution < -0.4 is 15.8 Å². The molecule has 3 N–H and O–H groups in total. The van der Waals surface area contributed by atoms with E-state index in [1.54, 1.807) is 42.5 Å². The van der Waals surface area contributed by atoms with Gasteiger partial charge < -0.3 is 15.8 Å². The van der Waals surface area contributed by atoms with Crippen molar-refractivity contribution in [1.82, 2.24) is 0 Å². The second-order valence-corrected chi connectivity index (χ2v) is 5.13. The maximum absolute atomic E-state index is 12.3. The molecule has 2 aromatic rings. The summed E-state index contributed by atoms with van der Waals surface area (Å²) in [6.07, 6.45) is 0. The van der Waals surface area contributed by atoms with Crippen LogP contribution in [0.25, 0.3) is 0 Å². The van der Waals surface area contributed by atoms with Crippen LogP contribution in [0.3, 0.4) is 0 Å². The lowest BCUT2D eigenvalue weighted by Gasteiger charge is -2.10.